The molecule has 5 heteroatoms. The number of hydrogen-bond donors (Lipinski definition) is 1. The Morgan fingerprint density at radius 2 is 2.19 bits per heavy atom. The molecule has 0 amide bonds. The Morgan fingerprint density at radius 1 is 1.38 bits per heavy atom. The molecule has 0 aliphatic rings. The first kappa shape index (κ1) is 10.4. The molecule has 4 nitrogen and oxygen atoms in total. The molecule has 2 rings (SSSR count). The molecule has 1 heterocycles. The van der Waals surface area contributed by atoms with Gasteiger partial charge in [0.1, 0.15) is 5.82 Å². The standard InChI is InChI=1S/C11H10FN3O/c12-10-5-9(13)2-1-8(10)6-15-7-14-4-3-11(15)16/h1-5,7H,6,13H2. The third-order valence-corrected chi connectivity index (χ3v) is 2.21. The highest BCUT2D eigenvalue weighted by Gasteiger charge is 2.04. The Balaban J connectivity index is 2.35. The van der Waals surface area contributed by atoms with Crippen LogP contribution in [0.2, 0.25) is 0 Å². The van der Waals surface area contributed by atoms with Gasteiger partial charge in [0.15, 0.2) is 0 Å². The predicted molar refractivity (Wildman–Crippen MR) is 58.4 cm³/mol. The Bertz CT molecular complexity index is 565. The van der Waals surface area contributed by atoms with E-state index in [1.165, 1.54) is 29.2 Å². The molecule has 2 aromatic rings. The smallest absolute Gasteiger partial charge is 0.253 e. The zero-order valence-corrected chi connectivity index (χ0v) is 8.43. The van der Waals surface area contributed by atoms with E-state index in [2.05, 4.69) is 4.98 Å². The number of anilines is 1. The summed E-state index contributed by atoms with van der Waals surface area (Å²) in [6.45, 7) is 0.152. The first-order valence-corrected chi connectivity index (χ1v) is 4.71. The molecule has 0 bridgehead atoms. The summed E-state index contributed by atoms with van der Waals surface area (Å²) in [6, 6.07) is 5.72. The number of halogens is 1. The molecule has 1 aromatic carbocycles. The van der Waals surface area contributed by atoms with Crippen molar-refractivity contribution in [2.75, 3.05) is 5.73 Å². The summed E-state index contributed by atoms with van der Waals surface area (Å²) in [5.74, 6) is -0.421. The first-order valence-electron chi connectivity index (χ1n) is 4.71. The highest BCUT2D eigenvalue weighted by atomic mass is 19.1. The van der Waals surface area contributed by atoms with Crippen LogP contribution in [0.5, 0.6) is 0 Å². The van der Waals surface area contributed by atoms with Crippen molar-refractivity contribution in [3.8, 4) is 0 Å². The molecule has 0 saturated carbocycles. The normalized spacial score (nSPS) is 10.3. The molecule has 2 N–H and O–H groups in total. The number of benzene rings is 1. The molecule has 0 spiro atoms. The lowest BCUT2D eigenvalue weighted by molar-refractivity contribution is 0.595. The van der Waals surface area contributed by atoms with E-state index < -0.39 is 5.82 Å². The second-order valence-corrected chi connectivity index (χ2v) is 3.40. The minimum absolute atomic E-state index is 0.152. The van der Waals surface area contributed by atoms with E-state index in [4.69, 9.17) is 5.73 Å². The SMILES string of the molecule is Nc1ccc(Cn2cnccc2=O)c(F)c1. The van der Waals surface area contributed by atoms with Crippen LogP contribution < -0.4 is 11.3 Å². The Hall–Kier alpha value is -2.17. The minimum Gasteiger partial charge on any atom is -0.399 e. The van der Waals surface area contributed by atoms with Gasteiger partial charge in [-0.15, -0.1) is 0 Å². The highest BCUT2D eigenvalue weighted by Crippen LogP contribution is 2.12. The Morgan fingerprint density at radius 3 is 2.88 bits per heavy atom. The van der Waals surface area contributed by atoms with E-state index in [1.807, 2.05) is 0 Å². The van der Waals surface area contributed by atoms with Crippen LogP contribution in [0.3, 0.4) is 0 Å². The van der Waals surface area contributed by atoms with Gasteiger partial charge in [-0.25, -0.2) is 9.37 Å². The monoisotopic (exact) mass is 219 g/mol. The van der Waals surface area contributed by atoms with Gasteiger partial charge in [0.05, 0.1) is 12.9 Å². The van der Waals surface area contributed by atoms with Gasteiger partial charge in [-0.05, 0) is 12.1 Å². The van der Waals surface area contributed by atoms with Crippen LogP contribution in [0, 0.1) is 5.82 Å². The summed E-state index contributed by atoms with van der Waals surface area (Å²) in [5.41, 5.74) is 5.98. The summed E-state index contributed by atoms with van der Waals surface area (Å²) in [4.78, 5) is 15.2. The van der Waals surface area contributed by atoms with Crippen LogP contribution >= 0.6 is 0 Å². The minimum atomic E-state index is -0.421. The van der Waals surface area contributed by atoms with Gasteiger partial charge in [-0.2, -0.15) is 0 Å². The van der Waals surface area contributed by atoms with E-state index in [0.717, 1.165) is 0 Å². The van der Waals surface area contributed by atoms with Crippen molar-refractivity contribution in [2.24, 2.45) is 0 Å². The number of hydrogen-bond acceptors (Lipinski definition) is 3. The first-order chi connectivity index (χ1) is 7.66. The van der Waals surface area contributed by atoms with Gasteiger partial charge in [0.2, 0.25) is 0 Å². The Labute approximate surface area is 91.2 Å². The van der Waals surface area contributed by atoms with Gasteiger partial charge in [0.25, 0.3) is 5.56 Å². The van der Waals surface area contributed by atoms with Crippen LogP contribution in [0.15, 0.2) is 41.6 Å². The van der Waals surface area contributed by atoms with E-state index in [9.17, 15) is 9.18 Å². The quantitative estimate of drug-likeness (QED) is 0.767. The maximum atomic E-state index is 13.5. The van der Waals surface area contributed by atoms with Crippen LogP contribution in [0.25, 0.3) is 0 Å². The number of aromatic nitrogens is 2. The van der Waals surface area contributed by atoms with Gasteiger partial charge < -0.3 is 5.73 Å². The fourth-order valence-electron chi connectivity index (χ4n) is 1.37. The van der Waals surface area contributed by atoms with Gasteiger partial charge in [-0.3, -0.25) is 9.36 Å². The third kappa shape index (κ3) is 2.08. The third-order valence-electron chi connectivity index (χ3n) is 2.21. The average Bonchev–Trinajstić information content (AvgIpc) is 2.25. The van der Waals surface area contributed by atoms with Crippen molar-refractivity contribution >= 4 is 5.69 Å². The fraction of sp³-hybridized carbons (Fsp3) is 0.0909. The van der Waals surface area contributed by atoms with Gasteiger partial charge in [-0.1, -0.05) is 6.07 Å². The molecular formula is C11H10FN3O. The topological polar surface area (TPSA) is 60.9 Å². The second kappa shape index (κ2) is 4.14. The molecule has 0 aliphatic heterocycles. The number of nitrogen functional groups attached to an aromatic ring is 1. The molecule has 0 fully saturated rings. The second-order valence-electron chi connectivity index (χ2n) is 3.40. The summed E-state index contributed by atoms with van der Waals surface area (Å²) in [5, 5.41) is 0. The molecule has 16 heavy (non-hydrogen) atoms. The highest BCUT2D eigenvalue weighted by molar-refractivity contribution is 5.40. The predicted octanol–water partition coefficient (Wildman–Crippen LogP) is 1.01. The van der Waals surface area contributed by atoms with E-state index in [-0.39, 0.29) is 12.1 Å². The molecular weight excluding hydrogens is 209 g/mol. The maximum Gasteiger partial charge on any atom is 0.253 e. The lowest BCUT2D eigenvalue weighted by Gasteiger charge is -2.06. The number of nitrogens with zero attached hydrogens (tertiary/aromatic N) is 2. The lowest BCUT2D eigenvalue weighted by atomic mass is 10.2. The van der Waals surface area contributed by atoms with Gasteiger partial charge in [0, 0.05) is 23.5 Å². The zero-order valence-electron chi connectivity index (χ0n) is 8.43. The molecule has 0 aliphatic carbocycles. The van der Waals surface area contributed by atoms with Crippen molar-refractivity contribution < 1.29 is 4.39 Å². The van der Waals surface area contributed by atoms with E-state index in [0.29, 0.717) is 11.3 Å². The van der Waals surface area contributed by atoms with Crippen molar-refractivity contribution in [1.82, 2.24) is 9.55 Å². The summed E-state index contributed by atoms with van der Waals surface area (Å²) >= 11 is 0. The fourth-order valence-corrected chi connectivity index (χ4v) is 1.37. The van der Waals surface area contributed by atoms with Crippen LogP contribution in [-0.2, 0) is 6.54 Å². The van der Waals surface area contributed by atoms with Crippen molar-refractivity contribution in [2.45, 2.75) is 6.54 Å². The molecule has 0 atom stereocenters. The largest absolute Gasteiger partial charge is 0.399 e. The van der Waals surface area contributed by atoms with Crippen molar-refractivity contribution in [3.05, 3.63) is 58.5 Å². The van der Waals surface area contributed by atoms with E-state index >= 15 is 0 Å². The molecule has 1 aromatic heterocycles. The molecule has 0 radical (unpaired) electrons. The lowest BCUT2D eigenvalue weighted by Crippen LogP contribution is -2.19. The zero-order chi connectivity index (χ0) is 11.5. The van der Waals surface area contributed by atoms with E-state index in [1.54, 1.807) is 12.1 Å². The van der Waals surface area contributed by atoms with Crippen molar-refractivity contribution in [1.29, 1.82) is 0 Å². The van der Waals surface area contributed by atoms with Crippen molar-refractivity contribution in [3.63, 3.8) is 0 Å². The van der Waals surface area contributed by atoms with Crippen LogP contribution in [0.4, 0.5) is 10.1 Å². The average molecular weight is 219 g/mol. The molecule has 82 valence electrons. The molecule has 0 saturated heterocycles. The summed E-state index contributed by atoms with van der Waals surface area (Å²) < 4.78 is 14.8. The van der Waals surface area contributed by atoms with Crippen LogP contribution in [-0.4, -0.2) is 9.55 Å². The maximum absolute atomic E-state index is 13.5. The summed E-state index contributed by atoms with van der Waals surface area (Å²) in [7, 11) is 0. The Kier molecular flexibility index (Phi) is 2.68. The summed E-state index contributed by atoms with van der Waals surface area (Å²) in [6.07, 6.45) is 2.77. The number of rotatable bonds is 2. The molecule has 0 unspecified atom stereocenters. The number of nitrogens with two attached hydrogens (primary N) is 1. The van der Waals surface area contributed by atoms with Crippen LogP contribution in [0.1, 0.15) is 5.56 Å². The van der Waals surface area contributed by atoms with Gasteiger partial charge >= 0.3 is 0 Å².